The summed E-state index contributed by atoms with van der Waals surface area (Å²) >= 11 is 0. The standard InChI is InChI=1S/C20H28N4O2/c1-3-5-18(21)20(25)24-10-8-14(9-11-24)19-17(13-22-23-19)15-6-4-7-16(12-15)26-2/h4,6-7,12-14,18H,3,5,8-11,21H2,1-2H3,(H,22,23)/t18-/m0/s1. The Balaban J connectivity index is 1.69. The number of aromatic nitrogens is 2. The number of hydrogen-bond acceptors (Lipinski definition) is 4. The minimum absolute atomic E-state index is 0.0860. The molecule has 0 spiro atoms. The van der Waals surface area contributed by atoms with Crippen molar-refractivity contribution in [2.24, 2.45) is 5.73 Å². The summed E-state index contributed by atoms with van der Waals surface area (Å²) in [5.41, 5.74) is 9.34. The lowest BCUT2D eigenvalue weighted by Crippen LogP contribution is -2.46. The maximum Gasteiger partial charge on any atom is 0.239 e. The van der Waals surface area contributed by atoms with Crippen molar-refractivity contribution in [1.29, 1.82) is 0 Å². The van der Waals surface area contributed by atoms with Crippen molar-refractivity contribution in [3.05, 3.63) is 36.2 Å². The van der Waals surface area contributed by atoms with Crippen LogP contribution >= 0.6 is 0 Å². The van der Waals surface area contributed by atoms with Gasteiger partial charge in [-0.15, -0.1) is 0 Å². The van der Waals surface area contributed by atoms with Crippen molar-refractivity contribution in [2.75, 3.05) is 20.2 Å². The van der Waals surface area contributed by atoms with Crippen LogP contribution in [0.15, 0.2) is 30.5 Å². The molecule has 1 aliphatic rings. The van der Waals surface area contributed by atoms with Gasteiger partial charge in [-0.2, -0.15) is 5.10 Å². The molecule has 1 atom stereocenters. The summed E-state index contributed by atoms with van der Waals surface area (Å²) in [5, 5.41) is 7.45. The zero-order valence-electron chi connectivity index (χ0n) is 15.6. The van der Waals surface area contributed by atoms with Gasteiger partial charge in [0.15, 0.2) is 0 Å². The third-order valence-electron chi connectivity index (χ3n) is 5.18. The first-order valence-electron chi connectivity index (χ1n) is 9.36. The number of hydrogen-bond donors (Lipinski definition) is 2. The topological polar surface area (TPSA) is 84.2 Å². The van der Waals surface area contributed by atoms with Crippen molar-refractivity contribution in [2.45, 2.75) is 44.6 Å². The van der Waals surface area contributed by atoms with Gasteiger partial charge in [0.1, 0.15) is 5.75 Å². The van der Waals surface area contributed by atoms with Crippen LogP contribution < -0.4 is 10.5 Å². The van der Waals surface area contributed by atoms with Gasteiger partial charge < -0.3 is 15.4 Å². The fourth-order valence-electron chi connectivity index (χ4n) is 3.69. The number of ether oxygens (including phenoxy) is 1. The lowest BCUT2D eigenvalue weighted by molar-refractivity contribution is -0.133. The quantitative estimate of drug-likeness (QED) is 0.833. The molecule has 140 valence electrons. The summed E-state index contributed by atoms with van der Waals surface area (Å²) < 4.78 is 5.33. The first-order valence-corrected chi connectivity index (χ1v) is 9.36. The van der Waals surface area contributed by atoms with Crippen molar-refractivity contribution in [3.63, 3.8) is 0 Å². The number of nitrogens with one attached hydrogen (secondary N) is 1. The van der Waals surface area contributed by atoms with Gasteiger partial charge in [-0.3, -0.25) is 9.89 Å². The zero-order chi connectivity index (χ0) is 18.5. The highest BCUT2D eigenvalue weighted by atomic mass is 16.5. The third-order valence-corrected chi connectivity index (χ3v) is 5.18. The zero-order valence-corrected chi connectivity index (χ0v) is 15.6. The van der Waals surface area contributed by atoms with Crippen molar-refractivity contribution >= 4 is 5.91 Å². The Morgan fingerprint density at radius 1 is 1.42 bits per heavy atom. The number of nitrogens with two attached hydrogens (primary N) is 1. The van der Waals surface area contributed by atoms with E-state index in [4.69, 9.17) is 10.5 Å². The van der Waals surface area contributed by atoms with Crippen LogP contribution in [0.2, 0.25) is 0 Å². The van der Waals surface area contributed by atoms with E-state index in [1.165, 1.54) is 0 Å². The SMILES string of the molecule is CCC[C@H](N)C(=O)N1CCC(c2[nH]ncc2-c2cccc(OC)c2)CC1. The van der Waals surface area contributed by atoms with Gasteiger partial charge in [0.2, 0.25) is 5.91 Å². The van der Waals surface area contributed by atoms with E-state index in [-0.39, 0.29) is 11.9 Å². The fraction of sp³-hybridized carbons (Fsp3) is 0.500. The summed E-state index contributed by atoms with van der Waals surface area (Å²) in [6, 6.07) is 7.65. The number of aromatic amines is 1. The number of likely N-dealkylation sites (tertiary alicyclic amines) is 1. The number of amides is 1. The second-order valence-corrected chi connectivity index (χ2v) is 6.92. The highest BCUT2D eigenvalue weighted by Crippen LogP contribution is 2.35. The molecule has 1 aliphatic heterocycles. The van der Waals surface area contributed by atoms with E-state index in [9.17, 15) is 4.79 Å². The second-order valence-electron chi connectivity index (χ2n) is 6.92. The average Bonchev–Trinajstić information content (AvgIpc) is 3.17. The van der Waals surface area contributed by atoms with Crippen LogP contribution in [0, 0.1) is 0 Å². The second kappa shape index (κ2) is 8.36. The minimum atomic E-state index is -0.365. The lowest BCUT2D eigenvalue weighted by Gasteiger charge is -2.33. The monoisotopic (exact) mass is 356 g/mol. The summed E-state index contributed by atoms with van der Waals surface area (Å²) in [6.45, 7) is 3.55. The van der Waals surface area contributed by atoms with Gasteiger partial charge in [-0.25, -0.2) is 0 Å². The fourth-order valence-corrected chi connectivity index (χ4v) is 3.69. The number of methoxy groups -OCH3 is 1. The number of carbonyl (C=O) groups excluding carboxylic acids is 1. The molecular weight excluding hydrogens is 328 g/mol. The lowest BCUT2D eigenvalue weighted by atomic mass is 9.89. The molecule has 2 heterocycles. The largest absolute Gasteiger partial charge is 0.497 e. The molecule has 0 aliphatic carbocycles. The highest BCUT2D eigenvalue weighted by molar-refractivity contribution is 5.81. The van der Waals surface area contributed by atoms with Gasteiger partial charge in [0.25, 0.3) is 0 Å². The maximum atomic E-state index is 12.4. The summed E-state index contributed by atoms with van der Waals surface area (Å²) in [7, 11) is 1.67. The normalized spacial score (nSPS) is 16.5. The van der Waals surface area contributed by atoms with E-state index in [0.29, 0.717) is 5.92 Å². The van der Waals surface area contributed by atoms with Gasteiger partial charge in [0, 0.05) is 30.3 Å². The molecular formula is C20H28N4O2. The van der Waals surface area contributed by atoms with Crippen molar-refractivity contribution in [1.82, 2.24) is 15.1 Å². The average molecular weight is 356 g/mol. The molecule has 1 aromatic carbocycles. The Kier molecular flexibility index (Phi) is 5.93. The van der Waals surface area contributed by atoms with Gasteiger partial charge in [-0.1, -0.05) is 25.5 Å². The molecule has 3 N–H and O–H groups in total. The summed E-state index contributed by atoms with van der Waals surface area (Å²) in [4.78, 5) is 14.3. The molecule has 2 aromatic rings. The van der Waals surface area contributed by atoms with Crippen LogP contribution in [0.25, 0.3) is 11.1 Å². The molecule has 1 fully saturated rings. The minimum Gasteiger partial charge on any atom is -0.497 e. The highest BCUT2D eigenvalue weighted by Gasteiger charge is 2.28. The van der Waals surface area contributed by atoms with Gasteiger partial charge in [0.05, 0.1) is 19.3 Å². The summed E-state index contributed by atoms with van der Waals surface area (Å²) in [6.07, 6.45) is 5.40. The maximum absolute atomic E-state index is 12.4. The van der Waals surface area contributed by atoms with Crippen LogP contribution in [0.4, 0.5) is 0 Å². The first-order chi connectivity index (χ1) is 12.6. The molecule has 0 radical (unpaired) electrons. The van der Waals surface area contributed by atoms with Crippen LogP contribution in [0.3, 0.4) is 0 Å². The molecule has 1 aromatic heterocycles. The van der Waals surface area contributed by atoms with Crippen LogP contribution in [-0.2, 0) is 4.79 Å². The number of piperidine rings is 1. The van der Waals surface area contributed by atoms with E-state index in [2.05, 4.69) is 23.2 Å². The van der Waals surface area contributed by atoms with Crippen molar-refractivity contribution < 1.29 is 9.53 Å². The van der Waals surface area contributed by atoms with Crippen molar-refractivity contribution in [3.8, 4) is 16.9 Å². The Morgan fingerprint density at radius 3 is 2.88 bits per heavy atom. The van der Waals surface area contributed by atoms with E-state index in [1.54, 1.807) is 7.11 Å². The molecule has 0 unspecified atom stereocenters. The number of benzene rings is 1. The number of carbonyl (C=O) groups is 1. The number of rotatable bonds is 6. The van der Waals surface area contributed by atoms with E-state index < -0.39 is 0 Å². The molecule has 1 amide bonds. The van der Waals surface area contributed by atoms with Gasteiger partial charge >= 0.3 is 0 Å². The third kappa shape index (κ3) is 3.90. The molecule has 6 nitrogen and oxygen atoms in total. The Bertz CT molecular complexity index is 735. The predicted molar refractivity (Wildman–Crippen MR) is 102 cm³/mol. The molecule has 0 saturated carbocycles. The number of H-pyrrole nitrogens is 1. The number of nitrogens with zero attached hydrogens (tertiary/aromatic N) is 2. The molecule has 3 rings (SSSR count). The van der Waals surface area contributed by atoms with E-state index in [0.717, 1.165) is 61.3 Å². The Labute approximate surface area is 154 Å². The summed E-state index contributed by atoms with van der Waals surface area (Å²) in [5.74, 6) is 1.29. The van der Waals surface area contributed by atoms with Gasteiger partial charge in [-0.05, 0) is 37.0 Å². The van der Waals surface area contributed by atoms with E-state index in [1.807, 2.05) is 29.3 Å². The first kappa shape index (κ1) is 18.5. The van der Waals surface area contributed by atoms with Crippen LogP contribution in [0.1, 0.15) is 44.2 Å². The molecule has 1 saturated heterocycles. The smallest absolute Gasteiger partial charge is 0.239 e. The Hall–Kier alpha value is -2.34. The van der Waals surface area contributed by atoms with E-state index >= 15 is 0 Å². The van der Waals surface area contributed by atoms with Crippen LogP contribution in [0.5, 0.6) is 5.75 Å². The van der Waals surface area contributed by atoms with Crippen LogP contribution in [-0.4, -0.2) is 47.2 Å². The molecule has 0 bridgehead atoms. The molecule has 6 heteroatoms. The molecule has 26 heavy (non-hydrogen) atoms. The Morgan fingerprint density at radius 2 is 2.19 bits per heavy atom. The predicted octanol–water partition coefficient (Wildman–Crippen LogP) is 2.92.